The maximum absolute atomic E-state index is 12.1. The van der Waals surface area contributed by atoms with E-state index in [1.165, 1.54) is 19.2 Å². The smallest absolute Gasteiger partial charge is 0.315 e. The van der Waals surface area contributed by atoms with Crippen molar-refractivity contribution in [3.63, 3.8) is 0 Å². The standard InChI is InChI=1S/C9H8F2N2O4/c1-17-6-4-2-3-5(13(15)16)7(6)12-9(14)8(10)11/h2-4,8H,1H3,(H,12,14). The van der Waals surface area contributed by atoms with Gasteiger partial charge in [0.2, 0.25) is 0 Å². The van der Waals surface area contributed by atoms with Crippen molar-refractivity contribution in [3.05, 3.63) is 28.3 Å². The molecule has 0 spiro atoms. The number of nitrogens with one attached hydrogen (secondary N) is 1. The summed E-state index contributed by atoms with van der Waals surface area (Å²) in [5.41, 5.74) is -0.899. The van der Waals surface area contributed by atoms with Crippen LogP contribution < -0.4 is 10.1 Å². The van der Waals surface area contributed by atoms with E-state index in [0.717, 1.165) is 6.07 Å². The number of benzene rings is 1. The van der Waals surface area contributed by atoms with Gasteiger partial charge in [0.25, 0.3) is 11.6 Å². The van der Waals surface area contributed by atoms with Crippen LogP contribution in [0.1, 0.15) is 0 Å². The Labute approximate surface area is 94.3 Å². The second-order valence-electron chi connectivity index (χ2n) is 2.90. The minimum atomic E-state index is -3.26. The summed E-state index contributed by atoms with van der Waals surface area (Å²) in [4.78, 5) is 20.7. The molecule has 0 aliphatic heterocycles. The van der Waals surface area contributed by atoms with Crippen molar-refractivity contribution in [2.45, 2.75) is 6.43 Å². The van der Waals surface area contributed by atoms with Crippen molar-refractivity contribution in [1.82, 2.24) is 0 Å². The Balaban J connectivity index is 3.18. The molecule has 6 nitrogen and oxygen atoms in total. The fraction of sp³-hybridized carbons (Fsp3) is 0.222. The fourth-order valence-electron chi connectivity index (χ4n) is 1.15. The highest BCUT2D eigenvalue weighted by molar-refractivity contribution is 5.96. The van der Waals surface area contributed by atoms with Crippen molar-refractivity contribution in [2.24, 2.45) is 0 Å². The first kappa shape index (κ1) is 12.8. The predicted molar refractivity (Wildman–Crippen MR) is 54.3 cm³/mol. The summed E-state index contributed by atoms with van der Waals surface area (Å²) in [5, 5.41) is 12.4. The molecule has 1 N–H and O–H groups in total. The molecule has 0 unspecified atom stereocenters. The third-order valence-electron chi connectivity index (χ3n) is 1.87. The molecule has 1 amide bonds. The minimum Gasteiger partial charge on any atom is -0.494 e. The van der Waals surface area contributed by atoms with Gasteiger partial charge in [0.15, 0.2) is 5.69 Å². The number of ether oxygens (including phenoxy) is 1. The molecule has 0 aromatic heterocycles. The van der Waals surface area contributed by atoms with Crippen molar-refractivity contribution in [1.29, 1.82) is 0 Å². The van der Waals surface area contributed by atoms with Crippen LogP contribution in [0.5, 0.6) is 5.75 Å². The molecule has 0 aliphatic carbocycles. The predicted octanol–water partition coefficient (Wildman–Crippen LogP) is 1.81. The summed E-state index contributed by atoms with van der Waals surface area (Å²) < 4.78 is 28.9. The maximum atomic E-state index is 12.1. The van der Waals surface area contributed by atoms with Crippen molar-refractivity contribution in [3.8, 4) is 5.75 Å². The van der Waals surface area contributed by atoms with E-state index < -0.39 is 22.9 Å². The topological polar surface area (TPSA) is 81.5 Å². The Morgan fingerprint density at radius 2 is 2.18 bits per heavy atom. The van der Waals surface area contributed by atoms with Gasteiger partial charge in [-0.2, -0.15) is 8.78 Å². The summed E-state index contributed by atoms with van der Waals surface area (Å²) in [6.45, 7) is 0. The summed E-state index contributed by atoms with van der Waals surface area (Å²) in [7, 11) is 1.21. The first-order valence-electron chi connectivity index (χ1n) is 4.37. The first-order valence-corrected chi connectivity index (χ1v) is 4.37. The molecule has 0 fully saturated rings. The van der Waals surface area contributed by atoms with Crippen LogP contribution in [-0.4, -0.2) is 24.4 Å². The molecule has 0 saturated carbocycles. The number of nitro groups is 1. The lowest BCUT2D eigenvalue weighted by atomic mass is 10.2. The van der Waals surface area contributed by atoms with Crippen LogP contribution in [0.3, 0.4) is 0 Å². The highest BCUT2D eigenvalue weighted by atomic mass is 19.3. The van der Waals surface area contributed by atoms with Gasteiger partial charge in [-0.3, -0.25) is 14.9 Å². The fourth-order valence-corrected chi connectivity index (χ4v) is 1.15. The van der Waals surface area contributed by atoms with Gasteiger partial charge in [-0.05, 0) is 6.07 Å². The van der Waals surface area contributed by atoms with E-state index in [4.69, 9.17) is 4.74 Å². The Bertz CT molecular complexity index is 451. The first-order chi connectivity index (χ1) is 7.97. The van der Waals surface area contributed by atoms with E-state index in [0.29, 0.717) is 0 Å². The highest BCUT2D eigenvalue weighted by Crippen LogP contribution is 2.34. The monoisotopic (exact) mass is 246 g/mol. The molecule has 92 valence electrons. The lowest BCUT2D eigenvalue weighted by Gasteiger charge is -2.09. The average molecular weight is 246 g/mol. The van der Waals surface area contributed by atoms with Gasteiger partial charge < -0.3 is 10.1 Å². The highest BCUT2D eigenvalue weighted by Gasteiger charge is 2.24. The van der Waals surface area contributed by atoms with Crippen LogP contribution in [-0.2, 0) is 4.79 Å². The molecule has 0 atom stereocenters. The molecular weight excluding hydrogens is 238 g/mol. The second kappa shape index (κ2) is 5.19. The summed E-state index contributed by atoms with van der Waals surface area (Å²) in [6.07, 6.45) is -3.26. The third kappa shape index (κ3) is 2.86. The van der Waals surface area contributed by atoms with Gasteiger partial charge in [-0.25, -0.2) is 0 Å². The molecule has 17 heavy (non-hydrogen) atoms. The molecule has 8 heteroatoms. The number of amides is 1. The molecule has 1 rings (SSSR count). The van der Waals surface area contributed by atoms with Crippen LogP contribution in [0.4, 0.5) is 20.2 Å². The molecule has 0 heterocycles. The molecule has 0 bridgehead atoms. The van der Waals surface area contributed by atoms with E-state index in [-0.39, 0.29) is 11.4 Å². The normalized spacial score (nSPS) is 10.1. The van der Waals surface area contributed by atoms with Gasteiger partial charge in [0.1, 0.15) is 5.75 Å². The number of methoxy groups -OCH3 is 1. The number of hydrogen-bond donors (Lipinski definition) is 1. The summed E-state index contributed by atoms with van der Waals surface area (Å²) >= 11 is 0. The summed E-state index contributed by atoms with van der Waals surface area (Å²) in [5.74, 6) is -1.69. The number of nitrogens with zero attached hydrogens (tertiary/aromatic N) is 1. The van der Waals surface area contributed by atoms with Gasteiger partial charge in [-0.1, -0.05) is 6.07 Å². The van der Waals surface area contributed by atoms with Crippen molar-refractivity contribution < 1.29 is 23.2 Å². The lowest BCUT2D eigenvalue weighted by Crippen LogP contribution is -2.21. The zero-order valence-electron chi connectivity index (χ0n) is 8.65. The maximum Gasteiger partial charge on any atom is 0.315 e. The van der Waals surface area contributed by atoms with Crippen LogP contribution in [0.15, 0.2) is 18.2 Å². The van der Waals surface area contributed by atoms with E-state index >= 15 is 0 Å². The van der Waals surface area contributed by atoms with E-state index in [2.05, 4.69) is 0 Å². The zero-order chi connectivity index (χ0) is 13.0. The minimum absolute atomic E-state index is 0.0619. The number of halogens is 2. The van der Waals surface area contributed by atoms with Gasteiger partial charge in [0.05, 0.1) is 12.0 Å². The number of rotatable bonds is 4. The largest absolute Gasteiger partial charge is 0.494 e. The van der Waals surface area contributed by atoms with Gasteiger partial charge in [-0.15, -0.1) is 0 Å². The van der Waals surface area contributed by atoms with E-state index in [1.54, 1.807) is 5.32 Å². The Kier molecular flexibility index (Phi) is 3.91. The SMILES string of the molecule is COc1cccc([N+](=O)[O-])c1NC(=O)C(F)F. The molecule has 0 saturated heterocycles. The number of alkyl halides is 2. The third-order valence-corrected chi connectivity index (χ3v) is 1.87. The number of carbonyl (C=O) groups excluding carboxylic acids is 1. The second-order valence-corrected chi connectivity index (χ2v) is 2.90. The summed E-state index contributed by atoms with van der Waals surface area (Å²) in [6, 6.07) is 3.70. The van der Waals surface area contributed by atoms with Crippen molar-refractivity contribution in [2.75, 3.05) is 12.4 Å². The Morgan fingerprint density at radius 3 is 2.65 bits per heavy atom. The molecular formula is C9H8F2N2O4. The van der Waals surface area contributed by atoms with Crippen molar-refractivity contribution >= 4 is 17.3 Å². The van der Waals surface area contributed by atoms with Gasteiger partial charge >= 0.3 is 6.43 Å². The quantitative estimate of drug-likeness (QED) is 0.648. The zero-order valence-corrected chi connectivity index (χ0v) is 8.65. The van der Waals surface area contributed by atoms with Crippen LogP contribution in [0.25, 0.3) is 0 Å². The number of nitro benzene ring substituents is 1. The Morgan fingerprint density at radius 1 is 1.53 bits per heavy atom. The molecule has 1 aromatic rings. The van der Waals surface area contributed by atoms with E-state index in [9.17, 15) is 23.7 Å². The lowest BCUT2D eigenvalue weighted by molar-refractivity contribution is -0.384. The van der Waals surface area contributed by atoms with Gasteiger partial charge in [0, 0.05) is 6.07 Å². The van der Waals surface area contributed by atoms with E-state index in [1.807, 2.05) is 0 Å². The van der Waals surface area contributed by atoms with Crippen LogP contribution in [0, 0.1) is 10.1 Å². The number of carbonyl (C=O) groups is 1. The van der Waals surface area contributed by atoms with Crippen LogP contribution in [0.2, 0.25) is 0 Å². The number of para-hydroxylation sites is 1. The number of hydrogen-bond acceptors (Lipinski definition) is 4. The van der Waals surface area contributed by atoms with Crippen LogP contribution >= 0.6 is 0 Å². The molecule has 0 radical (unpaired) electrons. The average Bonchev–Trinajstić information content (AvgIpc) is 2.28. The number of anilines is 1. The molecule has 0 aliphatic rings. The molecule has 1 aromatic carbocycles. The Hall–Kier alpha value is -2.25.